The van der Waals surface area contributed by atoms with Gasteiger partial charge in [-0.05, 0) is 0 Å². The Balaban J connectivity index is 0.00000200. The molecule has 0 unspecified atom stereocenters. The maximum atomic E-state index is 12.1. The quantitative estimate of drug-likeness (QED) is 0.635. The average molecular weight is 282 g/mol. The first-order valence-corrected chi connectivity index (χ1v) is 7.22. The summed E-state index contributed by atoms with van der Waals surface area (Å²) in [7, 11) is -4.60. The van der Waals surface area contributed by atoms with Crippen LogP contribution in [0.25, 0.3) is 0 Å². The van der Waals surface area contributed by atoms with E-state index in [-0.39, 0.29) is 31.4 Å². The number of benzene rings is 2. The van der Waals surface area contributed by atoms with Gasteiger partial charge in [-0.25, -0.2) is 0 Å². The zero-order valence-electron chi connectivity index (χ0n) is 11.9. The van der Waals surface area contributed by atoms with E-state index in [9.17, 15) is 19.0 Å². The molecule has 0 fully saturated rings. The zero-order valence-corrected chi connectivity index (χ0v) is 11.8. The van der Waals surface area contributed by atoms with Crippen LogP contribution in [0.2, 0.25) is 0 Å². The van der Waals surface area contributed by atoms with Crippen LogP contribution in [0, 0.1) is 0 Å². The average Bonchev–Trinajstić information content (AvgIpc) is 2.47. The molecule has 2 aromatic carbocycles. The molecular formula is C14H12LiO4P. The summed E-state index contributed by atoms with van der Waals surface area (Å²) in [6.07, 6.45) is 0. The van der Waals surface area contributed by atoms with Gasteiger partial charge < -0.3 is 6.32 Å². The molecule has 0 aliphatic carbocycles. The summed E-state index contributed by atoms with van der Waals surface area (Å²) in [5.74, 6) is 0. The van der Waals surface area contributed by atoms with E-state index < -0.39 is 18.4 Å². The molecule has 0 saturated carbocycles. The molecule has 0 heterocycles. The Morgan fingerprint density at radius 2 is 1.10 bits per heavy atom. The van der Waals surface area contributed by atoms with Crippen molar-refractivity contribution in [1.29, 1.82) is 0 Å². The Bertz CT molecular complexity index is 606. The summed E-state index contributed by atoms with van der Waals surface area (Å²) in [6.45, 7) is 0. The van der Waals surface area contributed by atoms with E-state index in [2.05, 4.69) is 0 Å². The van der Waals surface area contributed by atoms with E-state index in [4.69, 9.17) is 0 Å². The monoisotopic (exact) mass is 282 g/mol. The predicted molar refractivity (Wildman–Crippen MR) is 72.5 cm³/mol. The molecule has 0 aromatic heterocycles. The van der Waals surface area contributed by atoms with E-state index in [1.165, 1.54) is 24.3 Å². The van der Waals surface area contributed by atoms with Crippen LogP contribution in [-0.4, -0.2) is 15.9 Å². The van der Waals surface area contributed by atoms with Crippen molar-refractivity contribution >= 4 is 18.4 Å². The van der Waals surface area contributed by atoms with Crippen molar-refractivity contribution in [2.45, 2.75) is 0 Å². The fourth-order valence-electron chi connectivity index (χ4n) is 1.60. The zero-order chi connectivity index (χ0) is 13.9. The van der Waals surface area contributed by atoms with Gasteiger partial charge in [-0.2, -0.15) is 0 Å². The Morgan fingerprint density at radius 1 is 0.800 bits per heavy atom. The van der Waals surface area contributed by atoms with Crippen molar-refractivity contribution in [1.82, 2.24) is 0 Å². The molecular weight excluding hydrogens is 270 g/mol. The minimum atomic E-state index is -4.60. The van der Waals surface area contributed by atoms with Crippen molar-refractivity contribution < 1.29 is 39.3 Å². The van der Waals surface area contributed by atoms with Crippen LogP contribution < -0.4 is 18.9 Å². The summed E-state index contributed by atoms with van der Waals surface area (Å²) in [5, 5.41) is 0. The van der Waals surface area contributed by atoms with Crippen molar-refractivity contribution in [2.24, 2.45) is 0 Å². The minimum Gasteiger partial charge on any atom is -1.00 e. The van der Waals surface area contributed by atoms with Gasteiger partial charge >= 0.3 is 26.2 Å². The Morgan fingerprint density at radius 3 is 1.40 bits per heavy atom. The molecule has 0 radical (unpaired) electrons. The van der Waals surface area contributed by atoms with E-state index in [0.29, 0.717) is 0 Å². The van der Waals surface area contributed by atoms with Crippen LogP contribution in [-0.2, 0) is 4.57 Å². The number of carbonyl (C=O) groups excluding carboxylic acids is 2. The molecule has 2 rings (SSSR count). The molecule has 0 saturated heterocycles. The molecule has 2 aromatic rings. The minimum absolute atomic E-state index is 0. The third-order valence-corrected chi connectivity index (χ3v) is 4.21. The number of hydrogen-bond acceptors (Lipinski definition) is 3. The molecule has 4 nitrogen and oxygen atoms in total. The largest absolute Gasteiger partial charge is 1.00 e. The van der Waals surface area contributed by atoms with Crippen molar-refractivity contribution in [3.8, 4) is 0 Å². The molecule has 1 N–H and O–H groups in total. The van der Waals surface area contributed by atoms with Crippen molar-refractivity contribution in [3.63, 3.8) is 0 Å². The molecule has 0 bridgehead atoms. The maximum Gasteiger partial charge on any atom is 1.00 e. The van der Waals surface area contributed by atoms with E-state index >= 15 is 0 Å². The van der Waals surface area contributed by atoms with E-state index in [1.807, 2.05) is 0 Å². The summed E-state index contributed by atoms with van der Waals surface area (Å²) >= 11 is 0. The molecule has 98 valence electrons. The summed E-state index contributed by atoms with van der Waals surface area (Å²) in [4.78, 5) is 33.7. The van der Waals surface area contributed by atoms with Crippen LogP contribution in [0.1, 0.15) is 22.1 Å². The van der Waals surface area contributed by atoms with Gasteiger partial charge in [0, 0.05) is 11.1 Å². The van der Waals surface area contributed by atoms with Crippen LogP contribution in [0.5, 0.6) is 0 Å². The first kappa shape index (κ1) is 16.6. The third-order valence-electron chi connectivity index (χ3n) is 2.59. The Kier molecular flexibility index (Phi) is 5.68. The van der Waals surface area contributed by atoms with Gasteiger partial charge in [0.15, 0.2) is 0 Å². The normalized spacial score (nSPS) is 10.4. The topological polar surface area (TPSA) is 71.4 Å². The Hall–Kier alpha value is -1.43. The van der Waals surface area contributed by atoms with Crippen LogP contribution >= 0.6 is 7.37 Å². The standard InChI is InChI=1S/C14H11O4P.Li.H/c15-13(11-7-3-1-4-8-11)19(17,18)14(16)12-9-5-2-6-10-12;;/h1-10H,(H,17,18);;/q;+1;-1. The molecule has 0 atom stereocenters. The Labute approximate surface area is 129 Å². The fourth-order valence-corrected chi connectivity index (χ4v) is 2.79. The van der Waals surface area contributed by atoms with Gasteiger partial charge in [0.1, 0.15) is 0 Å². The SMILES string of the molecule is O=C(c1ccccc1)P(=O)(O)C(=O)c1ccccc1.[H-].[Li+]. The summed E-state index contributed by atoms with van der Waals surface area (Å²) in [6, 6.07) is 15.3. The van der Waals surface area contributed by atoms with E-state index in [1.54, 1.807) is 36.4 Å². The molecule has 6 heteroatoms. The summed E-state index contributed by atoms with van der Waals surface area (Å²) in [5.41, 5.74) is -1.97. The van der Waals surface area contributed by atoms with Gasteiger partial charge in [-0.15, -0.1) is 0 Å². The third kappa shape index (κ3) is 3.36. The first-order valence-electron chi connectivity index (χ1n) is 5.56. The van der Waals surface area contributed by atoms with Gasteiger partial charge in [0.25, 0.3) is 11.0 Å². The second kappa shape index (κ2) is 6.83. The van der Waals surface area contributed by atoms with Gasteiger partial charge in [-0.3, -0.25) is 14.2 Å². The molecule has 20 heavy (non-hydrogen) atoms. The van der Waals surface area contributed by atoms with Gasteiger partial charge in [0.05, 0.1) is 0 Å². The number of rotatable bonds is 4. The molecule has 0 aliphatic rings. The van der Waals surface area contributed by atoms with Crippen LogP contribution in [0.4, 0.5) is 0 Å². The fraction of sp³-hybridized carbons (Fsp3) is 0. The summed E-state index contributed by atoms with van der Waals surface area (Å²) < 4.78 is 12.1. The molecule has 0 spiro atoms. The predicted octanol–water partition coefficient (Wildman–Crippen LogP) is 0.0541. The van der Waals surface area contributed by atoms with Gasteiger partial charge in [0.2, 0.25) is 0 Å². The first-order chi connectivity index (χ1) is 9.03. The van der Waals surface area contributed by atoms with E-state index in [0.717, 1.165) is 0 Å². The second-order valence-electron chi connectivity index (χ2n) is 3.92. The van der Waals surface area contributed by atoms with Crippen molar-refractivity contribution in [3.05, 3.63) is 71.8 Å². The van der Waals surface area contributed by atoms with Gasteiger partial charge in [-0.1, -0.05) is 60.7 Å². The second-order valence-corrected chi connectivity index (χ2v) is 5.88. The smallest absolute Gasteiger partial charge is 1.00 e. The number of hydrogen-bond donors (Lipinski definition) is 1. The molecule has 0 aliphatic heterocycles. The number of carbonyl (C=O) groups is 2. The molecule has 0 amide bonds. The maximum absolute atomic E-state index is 12.1. The van der Waals surface area contributed by atoms with Crippen molar-refractivity contribution in [2.75, 3.05) is 0 Å². The van der Waals surface area contributed by atoms with Crippen LogP contribution in [0.15, 0.2) is 60.7 Å². The van der Waals surface area contributed by atoms with Crippen LogP contribution in [0.3, 0.4) is 0 Å².